The van der Waals surface area contributed by atoms with E-state index in [-0.39, 0.29) is 5.92 Å². The van der Waals surface area contributed by atoms with Crippen LogP contribution in [-0.2, 0) is 21.4 Å². The molecular formula is C20H36F3NO2S. The number of alkyl halides is 3. The minimum absolute atomic E-state index is 0.202. The van der Waals surface area contributed by atoms with Crippen LogP contribution in [0.25, 0.3) is 0 Å². The molecule has 1 fully saturated rings. The Hall–Kier alpha value is -1.08. The molecule has 0 spiro atoms. The van der Waals surface area contributed by atoms with Gasteiger partial charge in [0.25, 0.3) is 0 Å². The summed E-state index contributed by atoms with van der Waals surface area (Å²) in [7, 11) is 0. The van der Waals surface area contributed by atoms with Crippen LogP contribution in [-0.4, -0.2) is 30.2 Å². The molecule has 0 aliphatic carbocycles. The van der Waals surface area contributed by atoms with Crippen molar-refractivity contribution in [1.29, 1.82) is 0 Å². The highest BCUT2D eigenvalue weighted by atomic mass is 32.2. The largest absolute Gasteiger partial charge is 0.416 e. The Morgan fingerprint density at radius 2 is 1.74 bits per heavy atom. The Balaban J connectivity index is 0. The molecule has 160 valence electrons. The maximum atomic E-state index is 12.7. The van der Waals surface area contributed by atoms with Gasteiger partial charge in [-0.1, -0.05) is 54.0 Å². The molecule has 0 saturated carbocycles. The van der Waals surface area contributed by atoms with Gasteiger partial charge in [-0.15, -0.1) is 0 Å². The third-order valence-electron chi connectivity index (χ3n) is 3.29. The van der Waals surface area contributed by atoms with E-state index in [4.69, 9.17) is 4.18 Å². The predicted molar refractivity (Wildman–Crippen MR) is 110 cm³/mol. The molecule has 0 N–H and O–H groups in total. The van der Waals surface area contributed by atoms with Crippen molar-refractivity contribution in [2.45, 2.75) is 60.6 Å². The van der Waals surface area contributed by atoms with Gasteiger partial charge in [0.15, 0.2) is 11.1 Å². The highest BCUT2D eigenvalue weighted by Gasteiger charge is 2.31. The highest BCUT2D eigenvalue weighted by molar-refractivity contribution is 7.79. The van der Waals surface area contributed by atoms with Gasteiger partial charge in [0.1, 0.15) is 0 Å². The summed E-state index contributed by atoms with van der Waals surface area (Å²) >= 11 is -1.30. The first kappa shape index (κ1) is 28.1. The van der Waals surface area contributed by atoms with E-state index in [1.807, 2.05) is 32.6 Å². The lowest BCUT2D eigenvalue weighted by molar-refractivity contribution is -0.137. The van der Waals surface area contributed by atoms with Crippen LogP contribution in [0, 0.1) is 5.92 Å². The molecule has 1 heterocycles. The van der Waals surface area contributed by atoms with Crippen LogP contribution in [0.15, 0.2) is 24.3 Å². The first-order valence-electron chi connectivity index (χ1n) is 9.66. The number of benzene rings is 1. The molecular weight excluding hydrogens is 375 g/mol. The summed E-state index contributed by atoms with van der Waals surface area (Å²) in [5, 5.41) is 0. The minimum atomic E-state index is -4.32. The van der Waals surface area contributed by atoms with Crippen molar-refractivity contribution in [2.75, 3.05) is 30.9 Å². The van der Waals surface area contributed by atoms with Crippen molar-refractivity contribution in [3.05, 3.63) is 29.8 Å². The lowest BCUT2D eigenvalue weighted by atomic mass is 10.1. The van der Waals surface area contributed by atoms with Crippen LogP contribution in [0.4, 0.5) is 18.9 Å². The van der Waals surface area contributed by atoms with E-state index in [0.717, 1.165) is 12.5 Å². The molecule has 2 rings (SSSR count). The molecule has 7 heteroatoms. The fraction of sp³-hybridized carbons (Fsp3) is 0.700. The molecule has 0 amide bonds. The Bertz CT molecular complexity index is 510. The van der Waals surface area contributed by atoms with Crippen molar-refractivity contribution in [2.24, 2.45) is 5.92 Å². The van der Waals surface area contributed by atoms with Gasteiger partial charge >= 0.3 is 6.18 Å². The number of rotatable bonds is 4. The molecule has 1 aromatic carbocycles. The van der Waals surface area contributed by atoms with E-state index in [1.165, 1.54) is 24.8 Å². The van der Waals surface area contributed by atoms with E-state index in [2.05, 4.69) is 13.8 Å². The normalized spacial score (nSPS) is 16.8. The molecule has 0 bridgehead atoms. The molecule has 1 aliphatic heterocycles. The number of hydrogen-bond donors (Lipinski definition) is 0. The Morgan fingerprint density at radius 1 is 1.19 bits per heavy atom. The predicted octanol–water partition coefficient (Wildman–Crippen LogP) is 6.31. The summed E-state index contributed by atoms with van der Waals surface area (Å²) in [6, 6.07) is 5.33. The number of nitrogens with zero attached hydrogens (tertiary/aromatic N) is 1. The van der Waals surface area contributed by atoms with Gasteiger partial charge in [0.05, 0.1) is 12.2 Å². The zero-order chi connectivity index (χ0) is 21.5. The second-order valence-electron chi connectivity index (χ2n) is 5.54. The summed E-state index contributed by atoms with van der Waals surface area (Å²) in [4.78, 5) is 1.90. The molecule has 2 unspecified atom stereocenters. The van der Waals surface area contributed by atoms with E-state index >= 15 is 0 Å². The van der Waals surface area contributed by atoms with Crippen molar-refractivity contribution in [1.82, 2.24) is 0 Å². The Kier molecular flexibility index (Phi) is 16.6. The summed E-state index contributed by atoms with van der Waals surface area (Å²) in [5.41, 5.74) is -0.0655. The summed E-state index contributed by atoms with van der Waals surface area (Å²) < 4.78 is 53.9. The lowest BCUT2D eigenvalue weighted by Crippen LogP contribution is -2.21. The number of anilines is 1. The SMILES string of the molecule is CC.CC.CCC.CS(=O)OCC1CCN(c2cccc(C(F)(F)F)c2)C1. The smallest absolute Gasteiger partial charge is 0.371 e. The summed E-state index contributed by atoms with van der Waals surface area (Å²) in [6.07, 6.45) is -0.787. The minimum Gasteiger partial charge on any atom is -0.371 e. The highest BCUT2D eigenvalue weighted by Crippen LogP contribution is 2.33. The van der Waals surface area contributed by atoms with Crippen LogP contribution >= 0.6 is 0 Å². The van der Waals surface area contributed by atoms with Gasteiger partial charge < -0.3 is 4.90 Å². The van der Waals surface area contributed by atoms with Crippen molar-refractivity contribution in [3.8, 4) is 0 Å². The zero-order valence-corrected chi connectivity index (χ0v) is 18.5. The van der Waals surface area contributed by atoms with Crippen LogP contribution < -0.4 is 4.90 Å². The van der Waals surface area contributed by atoms with Crippen LogP contribution in [0.1, 0.15) is 59.9 Å². The maximum absolute atomic E-state index is 12.7. The monoisotopic (exact) mass is 411 g/mol. The van der Waals surface area contributed by atoms with Crippen LogP contribution in [0.3, 0.4) is 0 Å². The van der Waals surface area contributed by atoms with Gasteiger partial charge in [-0.25, -0.2) is 4.21 Å². The fourth-order valence-electron chi connectivity index (χ4n) is 2.27. The molecule has 2 atom stereocenters. The molecule has 1 aliphatic rings. The van der Waals surface area contributed by atoms with Gasteiger partial charge in [0, 0.05) is 31.0 Å². The molecule has 0 aromatic heterocycles. The van der Waals surface area contributed by atoms with Crippen molar-refractivity contribution >= 4 is 16.8 Å². The first-order valence-corrected chi connectivity index (χ1v) is 11.1. The topological polar surface area (TPSA) is 29.5 Å². The molecule has 27 heavy (non-hydrogen) atoms. The summed E-state index contributed by atoms with van der Waals surface area (Å²) in [6.45, 7) is 13.9. The second-order valence-corrected chi connectivity index (χ2v) is 6.58. The first-order chi connectivity index (χ1) is 12.8. The van der Waals surface area contributed by atoms with Crippen molar-refractivity contribution < 1.29 is 21.6 Å². The number of halogens is 3. The maximum Gasteiger partial charge on any atom is 0.416 e. The fourth-order valence-corrected chi connectivity index (χ4v) is 2.66. The van der Waals surface area contributed by atoms with Crippen LogP contribution in [0.2, 0.25) is 0 Å². The Labute approximate surface area is 166 Å². The third-order valence-corrected chi connectivity index (χ3v) is 3.76. The molecule has 3 nitrogen and oxygen atoms in total. The van der Waals surface area contributed by atoms with Gasteiger partial charge in [-0.3, -0.25) is 4.18 Å². The van der Waals surface area contributed by atoms with E-state index in [0.29, 0.717) is 25.4 Å². The Morgan fingerprint density at radius 3 is 2.22 bits per heavy atom. The van der Waals surface area contributed by atoms with E-state index in [1.54, 1.807) is 6.07 Å². The van der Waals surface area contributed by atoms with E-state index in [9.17, 15) is 17.4 Å². The standard InChI is InChI=1S/C13H16F3NO2S.C3H8.2C2H6/c1-20(18)19-9-10-5-6-17(8-10)12-4-2-3-11(7-12)13(14,15)16;1-3-2;2*1-2/h2-4,7,10H,5-6,8-9H2,1H3;3H2,1-2H3;2*1-2H3. The second kappa shape index (κ2) is 15.9. The average molecular weight is 412 g/mol. The van der Waals surface area contributed by atoms with Gasteiger partial charge in [-0.05, 0) is 24.6 Å². The zero-order valence-electron chi connectivity index (χ0n) is 17.7. The molecule has 1 saturated heterocycles. The third kappa shape index (κ3) is 12.1. The summed E-state index contributed by atoms with van der Waals surface area (Å²) in [5.74, 6) is 0.202. The van der Waals surface area contributed by atoms with E-state index < -0.39 is 22.8 Å². The quantitative estimate of drug-likeness (QED) is 0.581. The lowest BCUT2D eigenvalue weighted by Gasteiger charge is -2.20. The van der Waals surface area contributed by atoms with Gasteiger partial charge in [0.2, 0.25) is 0 Å². The molecule has 0 radical (unpaired) electrons. The van der Waals surface area contributed by atoms with Crippen LogP contribution in [0.5, 0.6) is 0 Å². The molecule has 1 aromatic rings. The number of hydrogen-bond acceptors (Lipinski definition) is 3. The van der Waals surface area contributed by atoms with Crippen molar-refractivity contribution in [3.63, 3.8) is 0 Å². The average Bonchev–Trinajstić information content (AvgIpc) is 3.13. The van der Waals surface area contributed by atoms with Gasteiger partial charge in [-0.2, -0.15) is 13.2 Å².